The zero-order valence-electron chi connectivity index (χ0n) is 14.3. The zero-order valence-corrected chi connectivity index (χ0v) is 15.1. The van der Waals surface area contributed by atoms with Gasteiger partial charge in [-0.15, -0.1) is 0 Å². The van der Waals surface area contributed by atoms with Crippen molar-refractivity contribution < 1.29 is 22.8 Å². The van der Waals surface area contributed by atoms with Crippen molar-refractivity contribution in [2.75, 3.05) is 26.6 Å². The average molecular weight is 365 g/mol. The molecule has 1 N–H and O–H groups in total. The van der Waals surface area contributed by atoms with E-state index in [2.05, 4.69) is 10.3 Å². The molecule has 0 saturated heterocycles. The number of hydrogen-bond donors (Lipinski definition) is 1. The van der Waals surface area contributed by atoms with Gasteiger partial charge in [-0.1, -0.05) is 10.5 Å². The van der Waals surface area contributed by atoms with E-state index in [0.29, 0.717) is 10.3 Å². The van der Waals surface area contributed by atoms with Crippen LogP contribution in [0.3, 0.4) is 0 Å². The number of aryl methyl sites for hydroxylation is 1. The molecule has 0 bridgehead atoms. The van der Waals surface area contributed by atoms with Crippen LogP contribution in [0.15, 0.2) is 41.3 Å². The number of rotatable bonds is 6. The van der Waals surface area contributed by atoms with Crippen LogP contribution in [0.25, 0.3) is 0 Å². The minimum Gasteiger partial charge on any atom is -0.495 e. The molecule has 0 unspecified atom stereocenters. The number of nitrogens with one attached hydrogen (secondary N) is 1. The van der Waals surface area contributed by atoms with Crippen molar-refractivity contribution in [1.82, 2.24) is 9.45 Å². The number of methoxy groups -OCH3 is 1. The van der Waals surface area contributed by atoms with Crippen molar-refractivity contribution in [2.24, 2.45) is 0 Å². The molecule has 0 fully saturated rings. The van der Waals surface area contributed by atoms with Gasteiger partial charge >= 0.3 is 0 Å². The molecule has 8 nitrogen and oxygen atoms in total. The van der Waals surface area contributed by atoms with Crippen molar-refractivity contribution in [3.05, 3.63) is 47.7 Å². The fourth-order valence-electron chi connectivity index (χ4n) is 2.06. The zero-order chi connectivity index (χ0) is 18.6. The summed E-state index contributed by atoms with van der Waals surface area (Å²) < 4.78 is 30.8. The van der Waals surface area contributed by atoms with Crippen molar-refractivity contribution in [3.8, 4) is 5.75 Å². The molecule has 1 amide bonds. The first kappa shape index (κ1) is 18.8. The standard InChI is InChI=1S/C16H19N3O5S/c1-11-6-5-7-15(17-11)18-16(20)12-8-9-13(23-3)14(10-12)25(21,22)19(2)24-4/h5-10H,1-4H3,(H,17,18,20). The molecule has 1 aromatic carbocycles. The maximum Gasteiger partial charge on any atom is 0.268 e. The highest BCUT2D eigenvalue weighted by molar-refractivity contribution is 7.89. The quantitative estimate of drug-likeness (QED) is 0.785. The molecule has 0 atom stereocenters. The Labute approximate surface area is 146 Å². The Kier molecular flexibility index (Phi) is 5.73. The van der Waals surface area contributed by atoms with Crippen molar-refractivity contribution >= 4 is 21.7 Å². The van der Waals surface area contributed by atoms with Crippen LogP contribution in [-0.2, 0) is 14.9 Å². The molecule has 1 heterocycles. The lowest BCUT2D eigenvalue weighted by Crippen LogP contribution is -2.26. The molecule has 2 rings (SSSR count). The van der Waals surface area contributed by atoms with Crippen LogP contribution < -0.4 is 10.1 Å². The van der Waals surface area contributed by atoms with Gasteiger partial charge in [0.05, 0.1) is 14.2 Å². The number of sulfonamides is 1. The summed E-state index contributed by atoms with van der Waals surface area (Å²) in [6.07, 6.45) is 0. The summed E-state index contributed by atoms with van der Waals surface area (Å²) in [4.78, 5) is 21.2. The van der Waals surface area contributed by atoms with Crippen LogP contribution in [0.1, 0.15) is 16.1 Å². The third-order valence-corrected chi connectivity index (χ3v) is 5.13. The number of ether oxygens (including phenoxy) is 1. The number of carbonyl (C=O) groups is 1. The highest BCUT2D eigenvalue weighted by Crippen LogP contribution is 2.27. The summed E-state index contributed by atoms with van der Waals surface area (Å²) in [5.41, 5.74) is 0.893. The second kappa shape index (κ2) is 7.60. The number of nitrogens with zero attached hydrogens (tertiary/aromatic N) is 2. The van der Waals surface area contributed by atoms with Crippen LogP contribution >= 0.6 is 0 Å². The topological polar surface area (TPSA) is 97.8 Å². The molecule has 0 aliphatic heterocycles. The van der Waals surface area contributed by atoms with E-state index in [0.717, 1.165) is 5.69 Å². The van der Waals surface area contributed by atoms with Gasteiger partial charge in [0.2, 0.25) is 0 Å². The monoisotopic (exact) mass is 365 g/mol. The molecular formula is C16H19N3O5S. The minimum atomic E-state index is -3.98. The predicted molar refractivity (Wildman–Crippen MR) is 91.9 cm³/mol. The molecule has 0 aliphatic rings. The minimum absolute atomic E-state index is 0.106. The maximum absolute atomic E-state index is 12.5. The summed E-state index contributed by atoms with van der Waals surface area (Å²) in [5, 5.41) is 2.63. The molecule has 134 valence electrons. The summed E-state index contributed by atoms with van der Waals surface area (Å²) >= 11 is 0. The van der Waals surface area contributed by atoms with Crippen LogP contribution in [-0.4, -0.2) is 45.0 Å². The lowest BCUT2D eigenvalue weighted by Gasteiger charge is -2.17. The molecule has 0 spiro atoms. The number of pyridine rings is 1. The fourth-order valence-corrected chi connectivity index (χ4v) is 3.21. The Morgan fingerprint density at radius 3 is 2.52 bits per heavy atom. The average Bonchev–Trinajstić information content (AvgIpc) is 2.60. The number of benzene rings is 1. The smallest absolute Gasteiger partial charge is 0.268 e. The van der Waals surface area contributed by atoms with Gasteiger partial charge < -0.3 is 10.1 Å². The molecule has 0 aliphatic carbocycles. The molecule has 0 saturated carbocycles. The first-order chi connectivity index (χ1) is 11.8. The Balaban J connectivity index is 2.40. The third-order valence-electron chi connectivity index (χ3n) is 3.43. The van der Waals surface area contributed by atoms with Crippen LogP contribution in [0.2, 0.25) is 0 Å². The van der Waals surface area contributed by atoms with Crippen molar-refractivity contribution in [2.45, 2.75) is 11.8 Å². The highest BCUT2D eigenvalue weighted by Gasteiger charge is 2.26. The lowest BCUT2D eigenvalue weighted by molar-refractivity contribution is -0.0259. The van der Waals surface area contributed by atoms with Crippen LogP contribution in [0.4, 0.5) is 5.82 Å². The molecule has 25 heavy (non-hydrogen) atoms. The normalized spacial score (nSPS) is 11.4. The first-order valence-corrected chi connectivity index (χ1v) is 8.69. The summed E-state index contributed by atoms with van der Waals surface area (Å²) in [6, 6.07) is 9.31. The number of hydroxylamine groups is 1. The van der Waals surface area contributed by atoms with Gasteiger partial charge in [-0.3, -0.25) is 9.63 Å². The second-order valence-corrected chi connectivity index (χ2v) is 6.99. The molecular weight excluding hydrogens is 346 g/mol. The maximum atomic E-state index is 12.5. The largest absolute Gasteiger partial charge is 0.495 e. The number of hydrogen-bond acceptors (Lipinski definition) is 6. The van der Waals surface area contributed by atoms with E-state index >= 15 is 0 Å². The number of aromatic nitrogens is 1. The third kappa shape index (κ3) is 4.13. The number of carbonyl (C=O) groups excluding carboxylic acids is 1. The Morgan fingerprint density at radius 1 is 1.20 bits per heavy atom. The van der Waals surface area contributed by atoms with E-state index in [1.165, 1.54) is 39.5 Å². The van der Waals surface area contributed by atoms with Gasteiger partial charge in [0.15, 0.2) is 0 Å². The highest BCUT2D eigenvalue weighted by atomic mass is 32.2. The Morgan fingerprint density at radius 2 is 1.92 bits per heavy atom. The van der Waals surface area contributed by atoms with Gasteiger partial charge in [-0.2, -0.15) is 0 Å². The van der Waals surface area contributed by atoms with E-state index in [4.69, 9.17) is 9.57 Å². The molecule has 9 heteroatoms. The van der Waals surface area contributed by atoms with Crippen LogP contribution in [0.5, 0.6) is 5.75 Å². The van der Waals surface area contributed by atoms with Gasteiger partial charge in [0.1, 0.15) is 16.5 Å². The van der Waals surface area contributed by atoms with E-state index in [9.17, 15) is 13.2 Å². The predicted octanol–water partition coefficient (Wildman–Crippen LogP) is 1.83. The van der Waals surface area contributed by atoms with E-state index < -0.39 is 15.9 Å². The summed E-state index contributed by atoms with van der Waals surface area (Å²) in [5.74, 6) is -0.00867. The van der Waals surface area contributed by atoms with E-state index in [1.807, 2.05) is 0 Å². The molecule has 1 aromatic heterocycles. The number of amides is 1. The van der Waals surface area contributed by atoms with Crippen molar-refractivity contribution in [1.29, 1.82) is 0 Å². The Bertz CT molecular complexity index is 883. The van der Waals surface area contributed by atoms with Crippen molar-refractivity contribution in [3.63, 3.8) is 0 Å². The number of anilines is 1. The molecule has 2 aromatic rings. The summed E-state index contributed by atoms with van der Waals surface area (Å²) in [7, 11) is -0.158. The lowest BCUT2D eigenvalue weighted by atomic mass is 10.2. The van der Waals surface area contributed by atoms with Crippen LogP contribution in [0, 0.1) is 6.92 Å². The first-order valence-electron chi connectivity index (χ1n) is 7.25. The Hall–Kier alpha value is -2.49. The SMILES string of the molecule is COc1ccc(C(=O)Nc2cccc(C)n2)cc1S(=O)(=O)N(C)OC. The fraction of sp³-hybridized carbons (Fsp3) is 0.250. The van der Waals surface area contributed by atoms with E-state index in [1.54, 1.807) is 25.1 Å². The second-order valence-electron chi connectivity index (χ2n) is 5.08. The summed E-state index contributed by atoms with van der Waals surface area (Å²) in [6.45, 7) is 1.80. The van der Waals surface area contributed by atoms with Gasteiger partial charge in [0.25, 0.3) is 15.9 Å². The molecule has 0 radical (unpaired) electrons. The van der Waals surface area contributed by atoms with E-state index in [-0.39, 0.29) is 16.2 Å². The van der Waals surface area contributed by atoms with Gasteiger partial charge in [0, 0.05) is 18.3 Å². The van der Waals surface area contributed by atoms with Gasteiger partial charge in [-0.25, -0.2) is 13.4 Å². The van der Waals surface area contributed by atoms with Gasteiger partial charge in [-0.05, 0) is 37.3 Å².